The molecule has 0 aromatic carbocycles. The van der Waals surface area contributed by atoms with Gasteiger partial charge in [0.1, 0.15) is 0 Å². The van der Waals surface area contributed by atoms with E-state index >= 15 is 0 Å². The molecule has 1 N–H and O–H groups in total. The first-order valence-electron chi connectivity index (χ1n) is 7.91. The summed E-state index contributed by atoms with van der Waals surface area (Å²) in [5, 5.41) is 3.05. The van der Waals surface area contributed by atoms with Gasteiger partial charge in [-0.1, -0.05) is 6.42 Å². The maximum absolute atomic E-state index is 12.4. The molecule has 3 rings (SSSR count). The fraction of sp³-hybridized carbons (Fsp3) is 0.867. The molecule has 2 aliphatic carbocycles. The first kappa shape index (κ1) is 13.7. The molecule has 112 valence electrons. The van der Waals surface area contributed by atoms with Crippen LogP contribution >= 0.6 is 0 Å². The van der Waals surface area contributed by atoms with E-state index < -0.39 is 0 Å². The zero-order valence-electron chi connectivity index (χ0n) is 12.3. The zero-order valence-corrected chi connectivity index (χ0v) is 12.3. The lowest BCUT2D eigenvalue weighted by Crippen LogP contribution is -2.48. The van der Waals surface area contributed by atoms with Crippen molar-refractivity contribution >= 4 is 11.9 Å². The van der Waals surface area contributed by atoms with Crippen molar-refractivity contribution in [2.24, 2.45) is 11.8 Å². The summed E-state index contributed by atoms with van der Waals surface area (Å²) in [6.45, 7) is 2.45. The summed E-state index contributed by atoms with van der Waals surface area (Å²) in [6, 6.07) is 0.0278. The molecule has 0 bridgehead atoms. The summed E-state index contributed by atoms with van der Waals surface area (Å²) >= 11 is 0. The first-order chi connectivity index (χ1) is 9.61. The van der Waals surface area contributed by atoms with Gasteiger partial charge in [0.05, 0.1) is 6.04 Å². The van der Waals surface area contributed by atoms with E-state index in [1.54, 1.807) is 11.9 Å². The van der Waals surface area contributed by atoms with Gasteiger partial charge in [0.2, 0.25) is 5.91 Å². The van der Waals surface area contributed by atoms with Crippen LogP contribution in [0, 0.1) is 11.8 Å². The maximum Gasteiger partial charge on any atom is 0.317 e. The Labute approximate surface area is 120 Å². The molecule has 5 heteroatoms. The van der Waals surface area contributed by atoms with E-state index in [-0.39, 0.29) is 18.0 Å². The minimum Gasteiger partial charge on any atom is -0.344 e. The number of hydrogen-bond donors (Lipinski definition) is 1. The quantitative estimate of drug-likeness (QED) is 0.828. The molecule has 20 heavy (non-hydrogen) atoms. The average molecular weight is 279 g/mol. The van der Waals surface area contributed by atoms with Gasteiger partial charge in [-0.05, 0) is 37.5 Å². The molecule has 3 amide bonds. The van der Waals surface area contributed by atoms with Gasteiger partial charge in [-0.15, -0.1) is 0 Å². The number of likely N-dealkylation sites (tertiary alicyclic amines) is 1. The van der Waals surface area contributed by atoms with Crippen LogP contribution in [0.15, 0.2) is 0 Å². The van der Waals surface area contributed by atoms with E-state index in [0.29, 0.717) is 24.8 Å². The molecule has 2 saturated carbocycles. The highest BCUT2D eigenvalue weighted by Crippen LogP contribution is 2.32. The summed E-state index contributed by atoms with van der Waals surface area (Å²) in [5.74, 6) is 1.55. The largest absolute Gasteiger partial charge is 0.344 e. The molecule has 3 aliphatic rings. The molecule has 0 spiro atoms. The molecule has 0 aromatic heterocycles. The molecular weight excluding hydrogens is 254 g/mol. The number of nitrogens with one attached hydrogen (secondary N) is 1. The molecule has 0 unspecified atom stereocenters. The predicted molar refractivity (Wildman–Crippen MR) is 76.2 cm³/mol. The highest BCUT2D eigenvalue weighted by molar-refractivity contribution is 5.81. The van der Waals surface area contributed by atoms with Crippen LogP contribution in [0.2, 0.25) is 0 Å². The molecule has 0 aromatic rings. The molecule has 0 radical (unpaired) electrons. The lowest BCUT2D eigenvalue weighted by Gasteiger charge is -2.33. The number of urea groups is 1. The zero-order chi connectivity index (χ0) is 14.1. The normalized spacial score (nSPS) is 26.6. The lowest BCUT2D eigenvalue weighted by molar-refractivity contribution is -0.126. The minimum absolute atomic E-state index is 0.0110. The van der Waals surface area contributed by atoms with Gasteiger partial charge in [0.15, 0.2) is 0 Å². The summed E-state index contributed by atoms with van der Waals surface area (Å²) in [7, 11) is 1.80. The number of amides is 3. The van der Waals surface area contributed by atoms with Crippen LogP contribution in [-0.2, 0) is 4.79 Å². The third-order valence-electron chi connectivity index (χ3n) is 4.83. The van der Waals surface area contributed by atoms with E-state index in [1.165, 1.54) is 32.1 Å². The number of likely N-dealkylation sites (N-methyl/N-ethyl adjacent to an activating group) is 1. The molecule has 5 nitrogen and oxygen atoms in total. The molecule has 1 aliphatic heterocycles. The average Bonchev–Trinajstić information content (AvgIpc) is 3.10. The van der Waals surface area contributed by atoms with Crippen LogP contribution in [-0.4, -0.2) is 54.5 Å². The Morgan fingerprint density at radius 2 is 1.90 bits per heavy atom. The van der Waals surface area contributed by atoms with Crippen molar-refractivity contribution in [3.05, 3.63) is 0 Å². The molecule has 1 atom stereocenters. The number of nitrogens with zero attached hydrogens (tertiary/aromatic N) is 2. The van der Waals surface area contributed by atoms with E-state index in [1.807, 2.05) is 4.90 Å². The third kappa shape index (κ3) is 3.25. The van der Waals surface area contributed by atoms with Crippen molar-refractivity contribution in [1.82, 2.24) is 15.1 Å². The second kappa shape index (κ2) is 5.62. The molecular formula is C15H25N3O2. The molecule has 3 fully saturated rings. The standard InChI is InChI=1S/C15H25N3O2/c1-17-10-13(7-14(17)19)16-15(20)18(9-12-5-6-12)8-11-3-2-4-11/h11-13H,2-10H2,1H3,(H,16,20)/t13-/m0/s1. The predicted octanol–water partition coefficient (Wildman–Crippen LogP) is 1.44. The van der Waals surface area contributed by atoms with Crippen LogP contribution in [0.1, 0.15) is 38.5 Å². The van der Waals surface area contributed by atoms with Crippen molar-refractivity contribution in [1.29, 1.82) is 0 Å². The van der Waals surface area contributed by atoms with E-state index in [4.69, 9.17) is 0 Å². The summed E-state index contributed by atoms with van der Waals surface area (Å²) < 4.78 is 0. The number of carbonyl (C=O) groups excluding carboxylic acids is 2. The van der Waals surface area contributed by atoms with Gasteiger partial charge in [-0.2, -0.15) is 0 Å². The van der Waals surface area contributed by atoms with Crippen LogP contribution in [0.25, 0.3) is 0 Å². The second-order valence-corrected chi connectivity index (χ2v) is 6.77. The Hall–Kier alpha value is -1.26. The first-order valence-corrected chi connectivity index (χ1v) is 7.91. The van der Waals surface area contributed by atoms with E-state index in [2.05, 4.69) is 5.32 Å². The van der Waals surface area contributed by atoms with Crippen molar-refractivity contribution in [2.45, 2.75) is 44.6 Å². The van der Waals surface area contributed by atoms with Gasteiger partial charge in [0.25, 0.3) is 0 Å². The lowest BCUT2D eigenvalue weighted by atomic mass is 9.85. The van der Waals surface area contributed by atoms with Gasteiger partial charge in [-0.3, -0.25) is 4.79 Å². The monoisotopic (exact) mass is 279 g/mol. The summed E-state index contributed by atoms with van der Waals surface area (Å²) in [4.78, 5) is 27.7. The van der Waals surface area contributed by atoms with Gasteiger partial charge in [-0.25, -0.2) is 4.79 Å². The topological polar surface area (TPSA) is 52.7 Å². The summed E-state index contributed by atoms with van der Waals surface area (Å²) in [5.41, 5.74) is 0. The van der Waals surface area contributed by atoms with E-state index in [0.717, 1.165) is 13.1 Å². The smallest absolute Gasteiger partial charge is 0.317 e. The minimum atomic E-state index is -0.0110. The SMILES string of the molecule is CN1C[C@@H](NC(=O)N(CC2CCC2)CC2CC2)CC1=O. The van der Waals surface area contributed by atoms with Gasteiger partial charge >= 0.3 is 6.03 Å². The van der Waals surface area contributed by atoms with Crippen molar-refractivity contribution in [2.75, 3.05) is 26.7 Å². The molecule has 1 saturated heterocycles. The molecule has 1 heterocycles. The van der Waals surface area contributed by atoms with Gasteiger partial charge < -0.3 is 15.1 Å². The number of hydrogen-bond acceptors (Lipinski definition) is 2. The van der Waals surface area contributed by atoms with Crippen molar-refractivity contribution in [3.63, 3.8) is 0 Å². The third-order valence-corrected chi connectivity index (χ3v) is 4.83. The highest BCUT2D eigenvalue weighted by atomic mass is 16.2. The Bertz CT molecular complexity index is 391. The number of carbonyl (C=O) groups is 2. The van der Waals surface area contributed by atoms with Crippen LogP contribution < -0.4 is 5.32 Å². The Morgan fingerprint density at radius 1 is 1.25 bits per heavy atom. The Balaban J connectivity index is 1.52. The fourth-order valence-electron chi connectivity index (χ4n) is 3.07. The van der Waals surface area contributed by atoms with Crippen molar-refractivity contribution < 1.29 is 9.59 Å². The van der Waals surface area contributed by atoms with E-state index in [9.17, 15) is 9.59 Å². The maximum atomic E-state index is 12.4. The highest BCUT2D eigenvalue weighted by Gasteiger charge is 2.33. The van der Waals surface area contributed by atoms with Gasteiger partial charge in [0, 0.05) is 33.1 Å². The second-order valence-electron chi connectivity index (χ2n) is 6.77. The Kier molecular flexibility index (Phi) is 3.85. The Morgan fingerprint density at radius 3 is 2.35 bits per heavy atom. The van der Waals surface area contributed by atoms with Crippen LogP contribution in [0.4, 0.5) is 4.79 Å². The number of rotatable bonds is 5. The van der Waals surface area contributed by atoms with Crippen LogP contribution in [0.5, 0.6) is 0 Å². The fourth-order valence-corrected chi connectivity index (χ4v) is 3.07. The van der Waals surface area contributed by atoms with Crippen molar-refractivity contribution in [3.8, 4) is 0 Å². The van der Waals surface area contributed by atoms with Crippen LogP contribution in [0.3, 0.4) is 0 Å². The summed E-state index contributed by atoms with van der Waals surface area (Å²) in [6.07, 6.45) is 6.81.